The van der Waals surface area contributed by atoms with Crippen LogP contribution in [0.2, 0.25) is 0 Å². The van der Waals surface area contributed by atoms with Crippen molar-refractivity contribution < 1.29 is 56.3 Å². The van der Waals surface area contributed by atoms with Crippen LogP contribution in [0.15, 0.2) is 18.7 Å². The number of piperazine rings is 1. The van der Waals surface area contributed by atoms with Gasteiger partial charge in [-0.1, -0.05) is 12.1 Å². The fourth-order valence-corrected chi connectivity index (χ4v) is 9.38. The van der Waals surface area contributed by atoms with Crippen LogP contribution in [0.5, 0.6) is 28.7 Å². The maximum Gasteiger partial charge on any atom is 0.471 e. The molecule has 0 aromatic heterocycles. The summed E-state index contributed by atoms with van der Waals surface area (Å²) in [5.41, 5.74) is 3.32. The highest BCUT2D eigenvalue weighted by Gasteiger charge is 2.56. The number of phenols is 1. The molecule has 17 heteroatoms. The standard InChI is InChI=1S/C36H39F3N4O9S/c1-7-8-42-22-10-20-9-16(2)30(48-6)29(45)27(20)28(42)25-14-53-13-21(41-35(47)36(37,38)39)34(46)49-12-24(43(25)23(22)11-40)26-17(3)31(52-19(5)44)18(4)32-33(26)51-15-50-32/h7,9,21-25,28,45H,1,8,10,12-15H2,2-6H3,(H,41,47)/t21?,22?,23-,24-,25-,28?/m0/s1. The topological polar surface area (TPSA) is 160 Å². The van der Waals surface area contributed by atoms with Crippen LogP contribution in [0.4, 0.5) is 13.2 Å². The third-order valence-corrected chi connectivity index (χ3v) is 11.4. The van der Waals surface area contributed by atoms with Crippen LogP contribution in [0.25, 0.3) is 0 Å². The van der Waals surface area contributed by atoms with Gasteiger partial charge in [0, 0.05) is 59.3 Å². The highest BCUT2D eigenvalue weighted by atomic mass is 32.2. The lowest BCUT2D eigenvalue weighted by Gasteiger charge is -2.59. The molecule has 2 fully saturated rings. The molecule has 0 radical (unpaired) electrons. The summed E-state index contributed by atoms with van der Waals surface area (Å²) in [5, 5.41) is 24.7. The Labute approximate surface area is 307 Å². The molecule has 4 heterocycles. The smallest absolute Gasteiger partial charge is 0.471 e. The van der Waals surface area contributed by atoms with Gasteiger partial charge >= 0.3 is 24.0 Å². The second-order valence-corrected chi connectivity index (χ2v) is 14.4. The summed E-state index contributed by atoms with van der Waals surface area (Å²) in [6, 6.07) is -1.01. The van der Waals surface area contributed by atoms with E-state index in [1.165, 1.54) is 14.0 Å². The number of benzene rings is 2. The molecule has 0 spiro atoms. The maximum absolute atomic E-state index is 13.5. The number of hydrogen-bond donors (Lipinski definition) is 2. The van der Waals surface area contributed by atoms with Gasteiger partial charge in [0.15, 0.2) is 23.0 Å². The highest BCUT2D eigenvalue weighted by molar-refractivity contribution is 7.99. The monoisotopic (exact) mass is 760 g/mol. The Kier molecular flexibility index (Phi) is 10.5. The Hall–Kier alpha value is -4.66. The normalized spacial score (nSPS) is 25.6. The van der Waals surface area contributed by atoms with Crippen molar-refractivity contribution in [3.63, 3.8) is 0 Å². The van der Waals surface area contributed by atoms with Crippen molar-refractivity contribution in [2.45, 2.75) is 76.5 Å². The molecule has 3 unspecified atom stereocenters. The van der Waals surface area contributed by atoms with Crippen molar-refractivity contribution in [2.75, 3.05) is 38.6 Å². The van der Waals surface area contributed by atoms with Crippen molar-refractivity contribution in [3.05, 3.63) is 52.1 Å². The minimum absolute atomic E-state index is 0.0861. The van der Waals surface area contributed by atoms with Gasteiger partial charge in [-0.15, -0.1) is 6.58 Å². The molecule has 1 amide bonds. The van der Waals surface area contributed by atoms with E-state index in [1.807, 2.05) is 11.0 Å². The quantitative estimate of drug-likeness (QED) is 0.247. The lowest BCUT2D eigenvalue weighted by molar-refractivity contribution is -0.176. The number of nitrogens with one attached hydrogen (secondary N) is 1. The molecule has 2 aromatic rings. The third-order valence-electron chi connectivity index (χ3n) is 10.2. The number of alkyl halides is 3. The first-order valence-electron chi connectivity index (χ1n) is 16.8. The van der Waals surface area contributed by atoms with Gasteiger partial charge < -0.3 is 34.1 Å². The van der Waals surface area contributed by atoms with Crippen molar-refractivity contribution in [1.29, 1.82) is 5.26 Å². The Bertz CT molecular complexity index is 1900. The number of halogens is 3. The number of cyclic esters (lactones) is 1. The Morgan fingerprint density at radius 3 is 2.49 bits per heavy atom. The lowest BCUT2D eigenvalue weighted by Crippen LogP contribution is -2.68. The number of ether oxygens (including phenoxy) is 5. The number of aryl methyl sites for hydroxylation is 1. The van der Waals surface area contributed by atoms with Gasteiger partial charge in [-0.2, -0.15) is 30.2 Å². The highest BCUT2D eigenvalue weighted by Crippen LogP contribution is 2.55. The molecule has 2 saturated heterocycles. The summed E-state index contributed by atoms with van der Waals surface area (Å²) >= 11 is 1.09. The fraction of sp³-hybridized carbons (Fsp3) is 0.500. The first-order chi connectivity index (χ1) is 25.1. The molecule has 2 N–H and O–H groups in total. The van der Waals surface area contributed by atoms with Gasteiger partial charge in [0.1, 0.15) is 24.4 Å². The van der Waals surface area contributed by atoms with Crippen LogP contribution in [-0.4, -0.2) is 102 Å². The number of hydrogen-bond acceptors (Lipinski definition) is 13. The van der Waals surface area contributed by atoms with Crippen LogP contribution in [0.1, 0.15) is 52.4 Å². The van der Waals surface area contributed by atoms with E-state index in [9.17, 15) is 37.9 Å². The number of methoxy groups -OCH3 is 1. The SMILES string of the molecule is C=CCN1C2Cc3cc(C)c(OC)c(O)c3C1[C@@H]1CSCC(NC(=O)C(F)(F)F)C(=O)OC[C@@H](c3c(C)c(OC(C)=O)c(C)c4c3OCO4)N1[C@H]2C#N. The predicted molar refractivity (Wildman–Crippen MR) is 184 cm³/mol. The molecule has 0 saturated carbocycles. The minimum Gasteiger partial charge on any atom is -0.504 e. The molecule has 2 aromatic carbocycles. The van der Waals surface area contributed by atoms with Gasteiger partial charge in [-0.3, -0.25) is 19.4 Å². The van der Waals surface area contributed by atoms with Crippen LogP contribution >= 0.6 is 11.8 Å². The number of nitrogens with zero attached hydrogens (tertiary/aromatic N) is 3. The van der Waals surface area contributed by atoms with Gasteiger partial charge in [0.2, 0.25) is 6.79 Å². The Morgan fingerprint density at radius 2 is 1.85 bits per heavy atom. The van der Waals surface area contributed by atoms with E-state index in [-0.39, 0.29) is 47.0 Å². The van der Waals surface area contributed by atoms with Gasteiger partial charge in [-0.25, -0.2) is 4.79 Å². The minimum atomic E-state index is -5.26. The number of aromatic hydroxyl groups is 1. The largest absolute Gasteiger partial charge is 0.504 e. The molecule has 6 rings (SSSR count). The van der Waals surface area contributed by atoms with E-state index in [0.717, 1.165) is 17.3 Å². The number of fused-ring (bicyclic) bond motifs is 7. The first-order valence-corrected chi connectivity index (χ1v) is 18.0. The fourth-order valence-electron chi connectivity index (χ4n) is 8.19. The van der Waals surface area contributed by atoms with Crippen molar-refractivity contribution in [2.24, 2.45) is 0 Å². The Balaban J connectivity index is 1.60. The maximum atomic E-state index is 13.5. The zero-order valence-electron chi connectivity index (χ0n) is 29.7. The zero-order chi connectivity index (χ0) is 38.5. The molecule has 4 aliphatic heterocycles. The number of amides is 1. The van der Waals surface area contributed by atoms with E-state index < -0.39 is 66.9 Å². The summed E-state index contributed by atoms with van der Waals surface area (Å²) < 4.78 is 69.1. The average Bonchev–Trinajstić information content (AvgIpc) is 3.58. The molecule has 53 heavy (non-hydrogen) atoms. The third kappa shape index (κ3) is 6.61. The van der Waals surface area contributed by atoms with E-state index >= 15 is 0 Å². The molecular formula is C36H39F3N4O9S. The lowest BCUT2D eigenvalue weighted by atomic mass is 9.75. The second kappa shape index (κ2) is 14.6. The molecule has 284 valence electrons. The van der Waals surface area contributed by atoms with Crippen molar-refractivity contribution in [3.8, 4) is 34.8 Å². The molecule has 4 aliphatic rings. The number of carbonyl (C=O) groups is 3. The van der Waals surface area contributed by atoms with Gasteiger partial charge in [0.05, 0.1) is 25.3 Å². The summed E-state index contributed by atoms with van der Waals surface area (Å²) in [6.07, 6.45) is -3.22. The number of carbonyl (C=O) groups excluding carboxylic acids is 3. The first kappa shape index (κ1) is 38.1. The van der Waals surface area contributed by atoms with E-state index in [0.29, 0.717) is 40.8 Å². The number of nitriles is 1. The van der Waals surface area contributed by atoms with Crippen LogP contribution in [-0.2, 0) is 25.5 Å². The van der Waals surface area contributed by atoms with Crippen molar-refractivity contribution in [1.82, 2.24) is 15.1 Å². The number of rotatable bonds is 6. The van der Waals surface area contributed by atoms with Crippen LogP contribution in [0, 0.1) is 32.1 Å². The Morgan fingerprint density at radius 1 is 1.13 bits per heavy atom. The number of thioether (sulfide) groups is 1. The van der Waals surface area contributed by atoms with Crippen LogP contribution < -0.4 is 24.3 Å². The zero-order valence-corrected chi connectivity index (χ0v) is 30.5. The summed E-state index contributed by atoms with van der Waals surface area (Å²) in [4.78, 5) is 41.9. The van der Waals surface area contributed by atoms with Crippen molar-refractivity contribution >= 4 is 29.6 Å². The van der Waals surface area contributed by atoms with Gasteiger partial charge in [0.25, 0.3) is 0 Å². The number of esters is 2. The summed E-state index contributed by atoms with van der Waals surface area (Å²) in [7, 11) is 1.45. The molecule has 13 nitrogen and oxygen atoms in total. The van der Waals surface area contributed by atoms with E-state index in [2.05, 4.69) is 17.5 Å². The number of phenolic OH excluding ortho intramolecular Hbond substituents is 1. The van der Waals surface area contributed by atoms with E-state index in [1.54, 1.807) is 32.2 Å². The summed E-state index contributed by atoms with van der Waals surface area (Å²) in [6.45, 7) is 9.99. The van der Waals surface area contributed by atoms with Gasteiger partial charge in [-0.05, 0) is 38.3 Å². The average molecular weight is 761 g/mol. The molecule has 6 atom stereocenters. The molecule has 2 bridgehead atoms. The predicted octanol–water partition coefficient (Wildman–Crippen LogP) is 4.09. The van der Waals surface area contributed by atoms with E-state index in [4.69, 9.17) is 23.7 Å². The molecular weight excluding hydrogens is 721 g/mol. The summed E-state index contributed by atoms with van der Waals surface area (Å²) in [5.74, 6) is -3.31. The second-order valence-electron chi connectivity index (χ2n) is 13.3. The molecule has 0 aliphatic carbocycles. The van der Waals surface area contributed by atoms with Crippen LogP contribution in [0.3, 0.4) is 0 Å².